The average molecular weight is 264 g/mol. The molecule has 0 aliphatic heterocycles. The summed E-state index contributed by atoms with van der Waals surface area (Å²) in [6, 6.07) is 15.0. The van der Waals surface area contributed by atoms with Gasteiger partial charge in [-0.3, -0.25) is 0 Å². The van der Waals surface area contributed by atoms with E-state index in [4.69, 9.17) is 0 Å². The van der Waals surface area contributed by atoms with Crippen LogP contribution in [0.3, 0.4) is 0 Å². The summed E-state index contributed by atoms with van der Waals surface area (Å²) >= 11 is 0. The van der Waals surface area contributed by atoms with Gasteiger partial charge in [0.15, 0.2) is 0 Å². The molecule has 1 aliphatic rings. The molecule has 1 aliphatic carbocycles. The highest BCUT2D eigenvalue weighted by Crippen LogP contribution is 2.38. The van der Waals surface area contributed by atoms with Crippen molar-refractivity contribution in [3.8, 4) is 11.1 Å². The third-order valence-electron chi connectivity index (χ3n) is 4.11. The van der Waals surface area contributed by atoms with Gasteiger partial charge >= 0.3 is 0 Å². The van der Waals surface area contributed by atoms with E-state index in [0.717, 1.165) is 25.7 Å². The Morgan fingerprint density at radius 3 is 2.75 bits per heavy atom. The first-order chi connectivity index (χ1) is 9.79. The van der Waals surface area contributed by atoms with Crippen molar-refractivity contribution in [3.05, 3.63) is 71.8 Å². The molecule has 1 unspecified atom stereocenters. The van der Waals surface area contributed by atoms with E-state index < -0.39 is 0 Å². The molecule has 20 heavy (non-hydrogen) atoms. The van der Waals surface area contributed by atoms with Gasteiger partial charge < -0.3 is 5.11 Å². The van der Waals surface area contributed by atoms with E-state index in [-0.39, 0.29) is 6.10 Å². The summed E-state index contributed by atoms with van der Waals surface area (Å²) in [5.74, 6) is 0. The first-order valence-electron chi connectivity index (χ1n) is 7.27. The molecule has 102 valence electrons. The van der Waals surface area contributed by atoms with Crippen molar-refractivity contribution in [1.82, 2.24) is 0 Å². The molecule has 0 spiro atoms. The Morgan fingerprint density at radius 1 is 1.10 bits per heavy atom. The van der Waals surface area contributed by atoms with E-state index in [1.807, 2.05) is 6.08 Å². The van der Waals surface area contributed by atoms with Crippen LogP contribution >= 0.6 is 0 Å². The molecular formula is C19H20O. The summed E-state index contributed by atoms with van der Waals surface area (Å²) in [5, 5.41) is 10.1. The van der Waals surface area contributed by atoms with Gasteiger partial charge in [0.05, 0.1) is 6.10 Å². The molecule has 0 radical (unpaired) electrons. The second-order valence-electron chi connectivity index (χ2n) is 5.50. The fourth-order valence-corrected chi connectivity index (χ4v) is 3.08. The fourth-order valence-electron chi connectivity index (χ4n) is 3.08. The van der Waals surface area contributed by atoms with E-state index in [1.165, 1.54) is 27.8 Å². The zero-order chi connectivity index (χ0) is 13.9. The number of benzene rings is 2. The highest BCUT2D eigenvalue weighted by Gasteiger charge is 2.21. The van der Waals surface area contributed by atoms with Crippen LogP contribution in [0.15, 0.2) is 55.1 Å². The number of hydrogen-bond acceptors (Lipinski definition) is 1. The van der Waals surface area contributed by atoms with Crippen LogP contribution in [0.2, 0.25) is 0 Å². The Hall–Kier alpha value is -1.86. The van der Waals surface area contributed by atoms with Crippen molar-refractivity contribution in [2.24, 2.45) is 0 Å². The molecule has 1 nitrogen and oxygen atoms in total. The molecule has 1 heteroatoms. The average Bonchev–Trinajstić information content (AvgIpc) is 2.85. The Morgan fingerprint density at radius 2 is 1.90 bits per heavy atom. The van der Waals surface area contributed by atoms with Gasteiger partial charge in [0.25, 0.3) is 0 Å². The van der Waals surface area contributed by atoms with Crippen molar-refractivity contribution in [2.75, 3.05) is 0 Å². The quantitative estimate of drug-likeness (QED) is 0.687. The molecule has 1 N–H and O–H groups in total. The molecule has 0 heterocycles. The largest absolute Gasteiger partial charge is 0.393 e. The lowest BCUT2D eigenvalue weighted by Gasteiger charge is -2.13. The number of rotatable bonds is 5. The second-order valence-corrected chi connectivity index (χ2v) is 5.50. The van der Waals surface area contributed by atoms with Gasteiger partial charge in [-0.1, -0.05) is 48.5 Å². The molecular weight excluding hydrogens is 244 g/mol. The van der Waals surface area contributed by atoms with Gasteiger partial charge in [-0.05, 0) is 53.5 Å². The fraction of sp³-hybridized carbons (Fsp3) is 0.263. The lowest BCUT2D eigenvalue weighted by molar-refractivity contribution is 0.166. The molecule has 2 aromatic carbocycles. The van der Waals surface area contributed by atoms with E-state index >= 15 is 0 Å². The lowest BCUT2D eigenvalue weighted by atomic mass is 9.96. The summed E-state index contributed by atoms with van der Waals surface area (Å²) < 4.78 is 0. The number of aliphatic hydroxyl groups excluding tert-OH is 1. The molecule has 2 aromatic rings. The van der Waals surface area contributed by atoms with E-state index in [2.05, 4.69) is 49.0 Å². The Bertz CT molecular complexity index is 627. The summed E-state index contributed by atoms with van der Waals surface area (Å²) in [4.78, 5) is 0. The van der Waals surface area contributed by atoms with Crippen LogP contribution in [0.1, 0.15) is 29.5 Å². The van der Waals surface area contributed by atoms with Crippen molar-refractivity contribution in [2.45, 2.75) is 31.8 Å². The maximum absolute atomic E-state index is 10.1. The van der Waals surface area contributed by atoms with Crippen LogP contribution in [-0.4, -0.2) is 11.2 Å². The smallest absolute Gasteiger partial charge is 0.0583 e. The van der Waals surface area contributed by atoms with Crippen LogP contribution in [0.4, 0.5) is 0 Å². The van der Waals surface area contributed by atoms with E-state index in [9.17, 15) is 5.11 Å². The molecule has 0 saturated carbocycles. The van der Waals surface area contributed by atoms with Gasteiger partial charge in [0.1, 0.15) is 0 Å². The topological polar surface area (TPSA) is 20.2 Å². The van der Waals surface area contributed by atoms with Gasteiger partial charge in [-0.15, -0.1) is 6.58 Å². The maximum atomic E-state index is 10.1. The minimum atomic E-state index is -0.275. The van der Waals surface area contributed by atoms with Gasteiger partial charge in [0, 0.05) is 0 Å². The molecule has 0 fully saturated rings. The Balaban J connectivity index is 1.87. The molecule has 3 rings (SSSR count). The minimum Gasteiger partial charge on any atom is -0.393 e. The molecule has 0 bridgehead atoms. The third kappa shape index (κ3) is 2.41. The Kier molecular flexibility index (Phi) is 3.70. The van der Waals surface area contributed by atoms with Crippen LogP contribution in [0.25, 0.3) is 11.1 Å². The first kappa shape index (κ1) is 13.1. The van der Waals surface area contributed by atoms with Crippen LogP contribution < -0.4 is 0 Å². The highest BCUT2D eigenvalue weighted by molar-refractivity contribution is 5.77. The first-order valence-corrected chi connectivity index (χ1v) is 7.27. The predicted octanol–water partition coefficient (Wildman–Crippen LogP) is 4.13. The van der Waals surface area contributed by atoms with Crippen molar-refractivity contribution in [1.29, 1.82) is 0 Å². The second kappa shape index (κ2) is 5.64. The highest BCUT2D eigenvalue weighted by atomic mass is 16.3. The van der Waals surface area contributed by atoms with Gasteiger partial charge in [-0.25, -0.2) is 0 Å². The minimum absolute atomic E-state index is 0.275. The maximum Gasteiger partial charge on any atom is 0.0583 e. The predicted molar refractivity (Wildman–Crippen MR) is 83.8 cm³/mol. The summed E-state index contributed by atoms with van der Waals surface area (Å²) in [5.41, 5.74) is 6.77. The normalized spacial score (nSPS) is 13.7. The van der Waals surface area contributed by atoms with Crippen molar-refractivity contribution < 1.29 is 5.11 Å². The molecule has 0 amide bonds. The van der Waals surface area contributed by atoms with Crippen LogP contribution in [0.5, 0.6) is 0 Å². The van der Waals surface area contributed by atoms with Gasteiger partial charge in [-0.2, -0.15) is 0 Å². The van der Waals surface area contributed by atoms with E-state index in [1.54, 1.807) is 0 Å². The zero-order valence-electron chi connectivity index (χ0n) is 11.7. The van der Waals surface area contributed by atoms with Crippen LogP contribution in [-0.2, 0) is 12.8 Å². The number of fused-ring (bicyclic) bond motifs is 3. The monoisotopic (exact) mass is 264 g/mol. The molecule has 0 saturated heterocycles. The lowest BCUT2D eigenvalue weighted by Crippen LogP contribution is -2.11. The van der Waals surface area contributed by atoms with Crippen LogP contribution in [0, 0.1) is 0 Å². The van der Waals surface area contributed by atoms with E-state index in [0.29, 0.717) is 0 Å². The summed E-state index contributed by atoms with van der Waals surface area (Å²) in [7, 11) is 0. The number of hydrogen-bond donors (Lipinski definition) is 1. The molecule has 0 aromatic heterocycles. The number of aliphatic hydroxyl groups is 1. The van der Waals surface area contributed by atoms with Gasteiger partial charge in [0.2, 0.25) is 0 Å². The van der Waals surface area contributed by atoms with Crippen molar-refractivity contribution in [3.63, 3.8) is 0 Å². The zero-order valence-corrected chi connectivity index (χ0v) is 11.7. The summed E-state index contributed by atoms with van der Waals surface area (Å²) in [6.45, 7) is 3.71. The van der Waals surface area contributed by atoms with Crippen molar-refractivity contribution >= 4 is 0 Å². The standard InChI is InChI=1S/C19H20O/c1-2-3-9-16(20)12-14-8-6-11-18-17-10-5-4-7-15(17)13-19(14)18/h2,4-8,10-11,16,20H,1,3,9,12-13H2. The molecule has 1 atom stereocenters. The SMILES string of the molecule is C=CCCC(O)Cc1cccc2c1Cc1ccccc1-2. The third-order valence-corrected chi connectivity index (χ3v) is 4.11. The number of allylic oxidation sites excluding steroid dienone is 1. The Labute approximate surface area is 120 Å². The summed E-state index contributed by atoms with van der Waals surface area (Å²) in [6.07, 6.45) is 4.99.